The maximum Gasteiger partial charge on any atom is 0.185 e. The fourth-order valence-corrected chi connectivity index (χ4v) is 3.30. The Morgan fingerprint density at radius 1 is 1.00 bits per heavy atom. The minimum Gasteiger partial charge on any atom is -0.379 e. The Hall–Kier alpha value is -1.13. The lowest BCUT2D eigenvalue weighted by Gasteiger charge is -2.26. The number of hydrazine groups is 1. The molecule has 1 aliphatic rings. The zero-order valence-electron chi connectivity index (χ0n) is 14.1. The summed E-state index contributed by atoms with van der Waals surface area (Å²) >= 11 is 12.2. The molecule has 0 spiro atoms. The number of thioether (sulfide) groups is 1. The smallest absolute Gasteiger partial charge is 0.185 e. The zero-order chi connectivity index (χ0) is 17.7. The predicted octanol–water partition coefficient (Wildman–Crippen LogP) is 0.954. The van der Waals surface area contributed by atoms with E-state index in [0.717, 1.165) is 51.7 Å². The second-order valence-corrected chi connectivity index (χ2v) is 7.36. The molecular formula is C16H25N5OS3. The van der Waals surface area contributed by atoms with E-state index in [2.05, 4.69) is 38.5 Å². The van der Waals surface area contributed by atoms with Crippen LogP contribution in [0.3, 0.4) is 0 Å². The number of rotatable bonds is 7. The minimum absolute atomic E-state index is 0.533. The fraction of sp³-hybridized carbons (Fsp3) is 0.500. The van der Waals surface area contributed by atoms with Gasteiger partial charge >= 0.3 is 0 Å². The molecular weight excluding hydrogens is 374 g/mol. The summed E-state index contributed by atoms with van der Waals surface area (Å²) < 4.78 is 5.32. The predicted molar refractivity (Wildman–Crippen MR) is 112 cm³/mol. The Morgan fingerprint density at radius 2 is 1.64 bits per heavy atom. The van der Waals surface area contributed by atoms with Crippen molar-refractivity contribution in [2.45, 2.75) is 4.90 Å². The van der Waals surface area contributed by atoms with E-state index in [-0.39, 0.29) is 0 Å². The van der Waals surface area contributed by atoms with Crippen molar-refractivity contribution in [3.8, 4) is 0 Å². The minimum atomic E-state index is 0.533. The van der Waals surface area contributed by atoms with Gasteiger partial charge in [0.2, 0.25) is 0 Å². The highest BCUT2D eigenvalue weighted by molar-refractivity contribution is 7.99. The van der Waals surface area contributed by atoms with Gasteiger partial charge in [0.25, 0.3) is 0 Å². The lowest BCUT2D eigenvalue weighted by molar-refractivity contribution is 0.0389. The van der Waals surface area contributed by atoms with E-state index < -0.39 is 0 Å². The van der Waals surface area contributed by atoms with E-state index in [1.54, 1.807) is 11.8 Å². The first-order chi connectivity index (χ1) is 12.2. The van der Waals surface area contributed by atoms with Gasteiger partial charge in [0.15, 0.2) is 10.2 Å². The van der Waals surface area contributed by atoms with Crippen molar-refractivity contribution in [3.63, 3.8) is 0 Å². The number of thiocarbonyl (C=S) groups is 2. The highest BCUT2D eigenvalue weighted by Gasteiger charge is 2.09. The molecule has 0 aliphatic carbocycles. The number of benzene rings is 1. The van der Waals surface area contributed by atoms with Crippen LogP contribution in [0.1, 0.15) is 0 Å². The molecule has 0 saturated carbocycles. The SMILES string of the molecule is S=C(NCCSc1ccccc1)NNC(=S)NCCN1CCOCC1. The maximum absolute atomic E-state index is 5.32. The van der Waals surface area contributed by atoms with Crippen LogP contribution in [-0.4, -0.2) is 66.8 Å². The van der Waals surface area contributed by atoms with Gasteiger partial charge < -0.3 is 15.4 Å². The largest absolute Gasteiger partial charge is 0.379 e. The van der Waals surface area contributed by atoms with Crippen LogP contribution in [0.4, 0.5) is 0 Å². The highest BCUT2D eigenvalue weighted by atomic mass is 32.2. The first-order valence-corrected chi connectivity index (χ1v) is 10.1. The van der Waals surface area contributed by atoms with E-state index in [0.29, 0.717) is 10.2 Å². The third kappa shape index (κ3) is 9.22. The summed E-state index contributed by atoms with van der Waals surface area (Å²) in [5.74, 6) is 0.939. The van der Waals surface area contributed by atoms with Crippen molar-refractivity contribution in [1.29, 1.82) is 0 Å². The Balaban J connectivity index is 1.45. The van der Waals surface area contributed by atoms with Gasteiger partial charge in [-0.3, -0.25) is 15.8 Å². The molecule has 1 heterocycles. The summed E-state index contributed by atoms with van der Waals surface area (Å²) in [4.78, 5) is 3.61. The molecule has 0 atom stereocenters. The molecule has 1 aromatic carbocycles. The molecule has 1 fully saturated rings. The summed E-state index contributed by atoms with van der Waals surface area (Å²) in [5, 5.41) is 7.37. The molecule has 0 unspecified atom stereocenters. The van der Waals surface area contributed by atoms with E-state index >= 15 is 0 Å². The van der Waals surface area contributed by atoms with Crippen molar-refractivity contribution < 1.29 is 4.74 Å². The van der Waals surface area contributed by atoms with E-state index in [9.17, 15) is 0 Å². The van der Waals surface area contributed by atoms with Gasteiger partial charge in [0.1, 0.15) is 0 Å². The molecule has 6 nitrogen and oxygen atoms in total. The molecule has 4 N–H and O–H groups in total. The van der Waals surface area contributed by atoms with Gasteiger partial charge in [-0.15, -0.1) is 11.8 Å². The van der Waals surface area contributed by atoms with Crippen molar-refractivity contribution in [2.75, 3.05) is 51.7 Å². The zero-order valence-corrected chi connectivity index (χ0v) is 16.6. The lowest BCUT2D eigenvalue weighted by atomic mass is 10.4. The number of hydrogen-bond acceptors (Lipinski definition) is 5. The molecule has 1 saturated heterocycles. The average molecular weight is 400 g/mol. The molecule has 25 heavy (non-hydrogen) atoms. The first kappa shape index (κ1) is 20.2. The van der Waals surface area contributed by atoms with Gasteiger partial charge in [-0.25, -0.2) is 0 Å². The van der Waals surface area contributed by atoms with E-state index in [1.165, 1.54) is 4.90 Å². The standard InChI is InChI=1S/C16H25N5OS3/c23-15(17-6-8-21-9-11-22-12-10-21)19-20-16(24)18-7-13-25-14-4-2-1-3-5-14/h1-5H,6-13H2,(H2,17,19,23)(H2,18,20,24). The molecule has 138 valence electrons. The Bertz CT molecular complexity index is 526. The molecule has 9 heteroatoms. The van der Waals surface area contributed by atoms with Crippen molar-refractivity contribution in [3.05, 3.63) is 30.3 Å². The van der Waals surface area contributed by atoms with Gasteiger partial charge in [-0.2, -0.15) is 0 Å². The summed E-state index contributed by atoms with van der Waals surface area (Å²) in [5.41, 5.74) is 5.79. The van der Waals surface area contributed by atoms with Crippen LogP contribution in [-0.2, 0) is 4.74 Å². The first-order valence-electron chi connectivity index (χ1n) is 8.29. The topological polar surface area (TPSA) is 60.6 Å². The summed E-state index contributed by atoms with van der Waals surface area (Å²) in [6, 6.07) is 10.3. The number of morpholine rings is 1. The van der Waals surface area contributed by atoms with Crippen LogP contribution in [0.25, 0.3) is 0 Å². The highest BCUT2D eigenvalue weighted by Crippen LogP contribution is 2.15. The van der Waals surface area contributed by atoms with Crippen LogP contribution in [0.15, 0.2) is 35.2 Å². The lowest BCUT2D eigenvalue weighted by Crippen LogP contribution is -2.51. The second kappa shape index (κ2) is 12.3. The van der Waals surface area contributed by atoms with Crippen LogP contribution in [0, 0.1) is 0 Å². The van der Waals surface area contributed by atoms with E-state index in [4.69, 9.17) is 29.2 Å². The van der Waals surface area contributed by atoms with E-state index in [1.807, 2.05) is 18.2 Å². The third-order valence-corrected chi connectivity index (χ3v) is 5.01. The number of nitrogens with one attached hydrogen (secondary N) is 4. The number of nitrogens with zero attached hydrogens (tertiary/aromatic N) is 1. The monoisotopic (exact) mass is 399 g/mol. The summed E-state index contributed by atoms with van der Waals surface area (Å²) in [7, 11) is 0. The van der Waals surface area contributed by atoms with Crippen molar-refractivity contribution in [2.24, 2.45) is 0 Å². The Kier molecular flexibility index (Phi) is 9.90. The summed E-state index contributed by atoms with van der Waals surface area (Å²) in [6.45, 7) is 6.11. The van der Waals surface area contributed by atoms with Crippen LogP contribution >= 0.6 is 36.2 Å². The maximum atomic E-state index is 5.32. The van der Waals surface area contributed by atoms with Gasteiger partial charge in [0, 0.05) is 43.4 Å². The molecule has 0 radical (unpaired) electrons. The number of ether oxygens (including phenoxy) is 1. The normalized spacial score (nSPS) is 14.6. The molecule has 1 aliphatic heterocycles. The molecule has 1 aromatic rings. The quantitative estimate of drug-likeness (QED) is 0.232. The molecule has 0 aromatic heterocycles. The second-order valence-electron chi connectivity index (χ2n) is 5.38. The van der Waals surface area contributed by atoms with Crippen molar-refractivity contribution in [1.82, 2.24) is 26.4 Å². The molecule has 0 bridgehead atoms. The van der Waals surface area contributed by atoms with Crippen molar-refractivity contribution >= 4 is 46.4 Å². The Morgan fingerprint density at radius 3 is 2.32 bits per heavy atom. The van der Waals surface area contributed by atoms with Crippen LogP contribution < -0.4 is 21.5 Å². The summed E-state index contributed by atoms with van der Waals surface area (Å²) in [6.07, 6.45) is 0. The van der Waals surface area contributed by atoms with Crippen LogP contribution in [0.2, 0.25) is 0 Å². The molecule has 0 amide bonds. The third-order valence-electron chi connectivity index (χ3n) is 3.51. The van der Waals surface area contributed by atoms with Gasteiger partial charge in [0.05, 0.1) is 13.2 Å². The Labute approximate surface area is 164 Å². The fourth-order valence-electron chi connectivity index (χ4n) is 2.20. The van der Waals surface area contributed by atoms with Crippen LogP contribution in [0.5, 0.6) is 0 Å². The number of hydrogen-bond donors (Lipinski definition) is 4. The molecule has 2 rings (SSSR count). The van der Waals surface area contributed by atoms with Gasteiger partial charge in [-0.05, 0) is 36.6 Å². The van der Waals surface area contributed by atoms with Gasteiger partial charge in [-0.1, -0.05) is 18.2 Å². The average Bonchev–Trinajstić information content (AvgIpc) is 2.65.